The number of nitrogens with one attached hydrogen (secondary N) is 1. The molecule has 1 N–H and O–H groups in total. The fourth-order valence-corrected chi connectivity index (χ4v) is 2.65. The maximum Gasteiger partial charge on any atom is 0.310 e. The zero-order chi connectivity index (χ0) is 15.2. The number of ether oxygens (including phenoxy) is 1. The van der Waals surface area contributed by atoms with Gasteiger partial charge < -0.3 is 15.0 Å². The van der Waals surface area contributed by atoms with Crippen LogP contribution in [-0.2, 0) is 9.53 Å². The molecule has 0 bridgehead atoms. The van der Waals surface area contributed by atoms with Gasteiger partial charge in [-0.3, -0.25) is 4.79 Å². The highest BCUT2D eigenvalue weighted by Crippen LogP contribution is 2.20. The first kappa shape index (κ1) is 15.7. The van der Waals surface area contributed by atoms with Crippen molar-refractivity contribution in [1.82, 2.24) is 4.90 Å². The highest BCUT2D eigenvalue weighted by Gasteiger charge is 2.28. The zero-order valence-corrected chi connectivity index (χ0v) is 12.8. The maximum atomic E-state index is 13.6. The van der Waals surface area contributed by atoms with Crippen molar-refractivity contribution in [2.75, 3.05) is 25.0 Å². The third kappa shape index (κ3) is 4.14. The van der Waals surface area contributed by atoms with Crippen molar-refractivity contribution >= 4 is 29.0 Å². The number of para-hydroxylation sites is 1. The third-order valence-corrected chi connectivity index (χ3v) is 3.80. The van der Waals surface area contributed by atoms with Gasteiger partial charge in [-0.2, -0.15) is 0 Å². The number of carbonyl (C=O) groups excluding carboxylic acids is 1. The van der Waals surface area contributed by atoms with Crippen LogP contribution in [0, 0.1) is 11.7 Å². The van der Waals surface area contributed by atoms with Crippen LogP contribution in [0.4, 0.5) is 10.1 Å². The summed E-state index contributed by atoms with van der Waals surface area (Å²) < 4.78 is 18.7. The van der Waals surface area contributed by atoms with E-state index in [1.807, 2.05) is 4.90 Å². The Balaban J connectivity index is 1.96. The molecule has 2 rings (SSSR count). The van der Waals surface area contributed by atoms with Crippen LogP contribution in [0.3, 0.4) is 0 Å². The van der Waals surface area contributed by atoms with E-state index in [4.69, 9.17) is 17.0 Å². The molecule has 6 heteroatoms. The first-order valence-electron chi connectivity index (χ1n) is 7.09. The predicted molar refractivity (Wildman–Crippen MR) is 83.6 cm³/mol. The summed E-state index contributed by atoms with van der Waals surface area (Å²) in [7, 11) is 0. The molecular formula is C15H19FN2O2S. The molecule has 0 aromatic heterocycles. The molecule has 1 aromatic rings. The average molecular weight is 310 g/mol. The minimum Gasteiger partial charge on any atom is -0.466 e. The van der Waals surface area contributed by atoms with Gasteiger partial charge in [-0.1, -0.05) is 12.1 Å². The molecule has 0 saturated carbocycles. The van der Waals surface area contributed by atoms with Crippen molar-refractivity contribution in [2.45, 2.75) is 19.8 Å². The van der Waals surface area contributed by atoms with E-state index >= 15 is 0 Å². The predicted octanol–water partition coefficient (Wildman–Crippen LogP) is 2.80. The lowest BCUT2D eigenvalue weighted by Crippen LogP contribution is -2.44. The molecule has 1 aliphatic heterocycles. The smallest absolute Gasteiger partial charge is 0.310 e. The maximum absolute atomic E-state index is 13.6. The summed E-state index contributed by atoms with van der Waals surface area (Å²) >= 11 is 5.32. The molecule has 0 unspecified atom stereocenters. The number of carbonyl (C=O) groups is 1. The minimum atomic E-state index is -0.348. The number of piperidine rings is 1. The Labute approximate surface area is 129 Å². The molecule has 0 radical (unpaired) electrons. The van der Waals surface area contributed by atoms with Crippen LogP contribution in [0.1, 0.15) is 19.8 Å². The number of thiocarbonyl (C=S) groups is 1. The number of anilines is 1. The van der Waals surface area contributed by atoms with E-state index in [0.29, 0.717) is 24.0 Å². The number of halogens is 1. The Morgan fingerprint density at radius 3 is 3.00 bits per heavy atom. The first-order valence-corrected chi connectivity index (χ1v) is 7.49. The second-order valence-electron chi connectivity index (χ2n) is 4.95. The summed E-state index contributed by atoms with van der Waals surface area (Å²) in [6.45, 7) is 3.45. The highest BCUT2D eigenvalue weighted by molar-refractivity contribution is 7.80. The molecule has 1 aromatic carbocycles. The number of rotatable bonds is 3. The van der Waals surface area contributed by atoms with E-state index < -0.39 is 0 Å². The van der Waals surface area contributed by atoms with Crippen LogP contribution in [0.2, 0.25) is 0 Å². The van der Waals surface area contributed by atoms with Crippen molar-refractivity contribution in [3.05, 3.63) is 30.1 Å². The molecule has 1 saturated heterocycles. The van der Waals surface area contributed by atoms with Gasteiger partial charge >= 0.3 is 5.97 Å². The molecule has 1 heterocycles. The Morgan fingerprint density at radius 2 is 2.29 bits per heavy atom. The molecule has 1 atom stereocenters. The van der Waals surface area contributed by atoms with Gasteiger partial charge in [0.2, 0.25) is 0 Å². The number of hydrogen-bond acceptors (Lipinski definition) is 3. The van der Waals surface area contributed by atoms with Crippen molar-refractivity contribution in [1.29, 1.82) is 0 Å². The Bertz CT molecular complexity index is 524. The molecule has 1 fully saturated rings. The second-order valence-corrected chi connectivity index (χ2v) is 5.33. The van der Waals surface area contributed by atoms with Gasteiger partial charge in [0.05, 0.1) is 18.2 Å². The number of likely N-dealkylation sites (tertiary alicyclic amines) is 1. The fourth-order valence-electron chi connectivity index (χ4n) is 2.37. The van der Waals surface area contributed by atoms with Gasteiger partial charge in [0, 0.05) is 13.1 Å². The monoisotopic (exact) mass is 310 g/mol. The van der Waals surface area contributed by atoms with Crippen LogP contribution >= 0.6 is 12.2 Å². The second kappa shape index (κ2) is 7.36. The van der Waals surface area contributed by atoms with Gasteiger partial charge in [0.25, 0.3) is 0 Å². The zero-order valence-electron chi connectivity index (χ0n) is 12.0. The summed E-state index contributed by atoms with van der Waals surface area (Å²) in [5, 5.41) is 3.34. The van der Waals surface area contributed by atoms with Crippen LogP contribution in [-0.4, -0.2) is 35.7 Å². The Hall–Kier alpha value is -1.69. The highest BCUT2D eigenvalue weighted by atomic mass is 32.1. The van der Waals surface area contributed by atoms with Crippen molar-refractivity contribution < 1.29 is 13.9 Å². The molecule has 1 aliphatic rings. The molecule has 114 valence electrons. The molecule has 21 heavy (non-hydrogen) atoms. The molecule has 0 aliphatic carbocycles. The van der Waals surface area contributed by atoms with E-state index in [2.05, 4.69) is 5.32 Å². The lowest BCUT2D eigenvalue weighted by atomic mass is 9.98. The SMILES string of the molecule is CCOC(=O)[C@@H]1CCCN(C(=S)Nc2ccccc2F)C1. The summed E-state index contributed by atoms with van der Waals surface area (Å²) in [5.74, 6) is -0.700. The van der Waals surface area contributed by atoms with E-state index in [1.165, 1.54) is 6.07 Å². The van der Waals surface area contributed by atoms with Gasteiger partial charge in [0.1, 0.15) is 5.82 Å². The van der Waals surface area contributed by atoms with Crippen molar-refractivity contribution in [3.63, 3.8) is 0 Å². The van der Waals surface area contributed by atoms with Crippen molar-refractivity contribution in [3.8, 4) is 0 Å². The quantitative estimate of drug-likeness (QED) is 0.687. The van der Waals surface area contributed by atoms with Gasteiger partial charge in [0.15, 0.2) is 5.11 Å². The third-order valence-electron chi connectivity index (χ3n) is 3.44. The largest absolute Gasteiger partial charge is 0.466 e. The number of nitrogens with zero attached hydrogens (tertiary/aromatic N) is 1. The van der Waals surface area contributed by atoms with E-state index in [-0.39, 0.29) is 17.7 Å². The average Bonchev–Trinajstić information content (AvgIpc) is 2.50. The minimum absolute atomic E-state index is 0.168. The lowest BCUT2D eigenvalue weighted by Gasteiger charge is -2.33. The molecule has 4 nitrogen and oxygen atoms in total. The normalized spacial score (nSPS) is 18.2. The molecule has 0 spiro atoms. The number of esters is 1. The van der Waals surface area contributed by atoms with Gasteiger partial charge in [-0.05, 0) is 44.1 Å². The summed E-state index contributed by atoms with van der Waals surface area (Å²) in [6.07, 6.45) is 1.67. The van der Waals surface area contributed by atoms with Gasteiger partial charge in [-0.25, -0.2) is 4.39 Å². The van der Waals surface area contributed by atoms with Gasteiger partial charge in [-0.15, -0.1) is 0 Å². The number of benzene rings is 1. The Kier molecular flexibility index (Phi) is 5.50. The first-order chi connectivity index (χ1) is 10.1. The van der Waals surface area contributed by atoms with Crippen LogP contribution in [0.25, 0.3) is 0 Å². The summed E-state index contributed by atoms with van der Waals surface area (Å²) in [4.78, 5) is 13.7. The lowest BCUT2D eigenvalue weighted by molar-refractivity contribution is -0.149. The van der Waals surface area contributed by atoms with Crippen molar-refractivity contribution in [2.24, 2.45) is 5.92 Å². The summed E-state index contributed by atoms with van der Waals surface area (Å²) in [6, 6.07) is 6.38. The summed E-state index contributed by atoms with van der Waals surface area (Å²) in [5.41, 5.74) is 0.348. The number of hydrogen-bond donors (Lipinski definition) is 1. The van der Waals surface area contributed by atoms with Crippen LogP contribution < -0.4 is 5.32 Å². The molecular weight excluding hydrogens is 291 g/mol. The standard InChI is InChI=1S/C15H19FN2O2S/c1-2-20-14(19)11-6-5-9-18(10-11)15(21)17-13-8-4-3-7-12(13)16/h3-4,7-8,11H,2,5-6,9-10H2,1H3,(H,17,21)/t11-/m1/s1. The van der Waals surface area contributed by atoms with Crippen LogP contribution in [0.15, 0.2) is 24.3 Å². The Morgan fingerprint density at radius 1 is 1.52 bits per heavy atom. The van der Waals surface area contributed by atoms with E-state index in [9.17, 15) is 9.18 Å². The van der Waals surface area contributed by atoms with E-state index in [1.54, 1.807) is 25.1 Å². The van der Waals surface area contributed by atoms with E-state index in [0.717, 1.165) is 19.4 Å². The van der Waals surface area contributed by atoms with Crippen LogP contribution in [0.5, 0.6) is 0 Å². The topological polar surface area (TPSA) is 41.6 Å². The molecule has 0 amide bonds. The fraction of sp³-hybridized carbons (Fsp3) is 0.467.